The number of hydrogen-bond acceptors (Lipinski definition) is 4. The highest BCUT2D eigenvalue weighted by molar-refractivity contribution is 7.80. The SMILES string of the molecule is COCCCN1C(=S)N[C@H](c2ccccn2)[C@@H]1c1cccn1-c1cccc(C(=O)O)c1. The predicted octanol–water partition coefficient (Wildman–Crippen LogP) is 3.58. The highest BCUT2D eigenvalue weighted by Crippen LogP contribution is 2.39. The van der Waals surface area contributed by atoms with Gasteiger partial charge in [-0.3, -0.25) is 4.98 Å². The van der Waals surface area contributed by atoms with Gasteiger partial charge in [-0.05, 0) is 61.1 Å². The molecule has 0 aliphatic carbocycles. The van der Waals surface area contributed by atoms with Crippen molar-refractivity contribution in [1.29, 1.82) is 0 Å². The van der Waals surface area contributed by atoms with Crippen LogP contribution in [0.3, 0.4) is 0 Å². The second kappa shape index (κ2) is 9.28. The first kappa shape index (κ1) is 21.0. The minimum atomic E-state index is -0.952. The zero-order valence-electron chi connectivity index (χ0n) is 17.1. The van der Waals surface area contributed by atoms with Crippen LogP contribution in [-0.4, -0.2) is 50.9 Å². The van der Waals surface area contributed by atoms with Crippen LogP contribution in [-0.2, 0) is 4.74 Å². The number of hydrogen-bond donors (Lipinski definition) is 2. The maximum Gasteiger partial charge on any atom is 0.335 e. The molecular weight excluding hydrogens is 412 g/mol. The number of ether oxygens (including phenoxy) is 1. The monoisotopic (exact) mass is 436 g/mol. The van der Waals surface area contributed by atoms with E-state index in [-0.39, 0.29) is 17.6 Å². The summed E-state index contributed by atoms with van der Waals surface area (Å²) in [6.07, 6.45) is 4.56. The third-order valence-corrected chi connectivity index (χ3v) is 5.75. The molecule has 0 bridgehead atoms. The van der Waals surface area contributed by atoms with E-state index in [0.29, 0.717) is 11.7 Å². The molecule has 2 N–H and O–H groups in total. The number of methoxy groups -OCH3 is 1. The fraction of sp³-hybridized carbons (Fsp3) is 0.261. The number of nitrogens with zero attached hydrogens (tertiary/aromatic N) is 3. The van der Waals surface area contributed by atoms with E-state index in [2.05, 4.69) is 15.2 Å². The van der Waals surface area contributed by atoms with Crippen molar-refractivity contribution in [3.8, 4) is 5.69 Å². The van der Waals surface area contributed by atoms with Crippen LogP contribution in [0.25, 0.3) is 5.69 Å². The standard InChI is InChI=1S/C23H24N4O3S/c1-30-14-6-13-27-21(20(25-23(27)31)18-9-2-3-11-24-18)19-10-5-12-26(19)17-8-4-7-16(15-17)22(28)29/h2-5,7-12,15,20-21H,6,13-14H2,1H3,(H,25,31)(H,28,29)/t20-,21+/m1/s1. The normalized spacial score (nSPS) is 18.2. The van der Waals surface area contributed by atoms with E-state index >= 15 is 0 Å². The zero-order valence-corrected chi connectivity index (χ0v) is 18.0. The molecule has 3 aromatic rings. The van der Waals surface area contributed by atoms with Crippen LogP contribution in [0.1, 0.15) is 40.3 Å². The van der Waals surface area contributed by atoms with Crippen molar-refractivity contribution in [2.24, 2.45) is 0 Å². The third kappa shape index (κ3) is 4.30. The summed E-state index contributed by atoms with van der Waals surface area (Å²) in [5, 5.41) is 13.5. The van der Waals surface area contributed by atoms with Gasteiger partial charge in [0.25, 0.3) is 0 Å². The first-order valence-electron chi connectivity index (χ1n) is 10.1. The van der Waals surface area contributed by atoms with Gasteiger partial charge < -0.3 is 24.6 Å². The number of carboxylic acid groups (broad SMARTS) is 1. The molecule has 1 fully saturated rings. The Morgan fingerprint density at radius 2 is 2.10 bits per heavy atom. The van der Waals surface area contributed by atoms with Crippen molar-refractivity contribution >= 4 is 23.3 Å². The Morgan fingerprint density at radius 3 is 2.84 bits per heavy atom. The molecule has 31 heavy (non-hydrogen) atoms. The number of aromatic carboxylic acids is 1. The molecule has 1 saturated heterocycles. The number of benzene rings is 1. The molecule has 0 radical (unpaired) electrons. The van der Waals surface area contributed by atoms with Gasteiger partial charge in [0.1, 0.15) is 0 Å². The van der Waals surface area contributed by atoms with E-state index < -0.39 is 5.97 Å². The van der Waals surface area contributed by atoms with Gasteiger partial charge in [0, 0.05) is 44.0 Å². The lowest BCUT2D eigenvalue weighted by molar-refractivity contribution is 0.0697. The van der Waals surface area contributed by atoms with E-state index in [1.165, 1.54) is 0 Å². The van der Waals surface area contributed by atoms with Gasteiger partial charge in [0.05, 0.1) is 23.3 Å². The molecule has 7 nitrogen and oxygen atoms in total. The van der Waals surface area contributed by atoms with Crippen molar-refractivity contribution in [2.75, 3.05) is 20.3 Å². The minimum Gasteiger partial charge on any atom is -0.478 e. The fourth-order valence-electron chi connectivity index (χ4n) is 4.01. The molecule has 4 rings (SSSR count). The Kier molecular flexibility index (Phi) is 6.29. The van der Waals surface area contributed by atoms with Crippen LogP contribution >= 0.6 is 12.2 Å². The number of aromatic nitrogens is 2. The Hall–Kier alpha value is -3.23. The van der Waals surface area contributed by atoms with Crippen LogP contribution < -0.4 is 5.32 Å². The molecule has 8 heteroatoms. The molecule has 0 unspecified atom stereocenters. The molecule has 3 heterocycles. The molecule has 160 valence electrons. The van der Waals surface area contributed by atoms with Crippen molar-refractivity contribution in [3.05, 3.63) is 83.9 Å². The average molecular weight is 437 g/mol. The summed E-state index contributed by atoms with van der Waals surface area (Å²) in [5.74, 6) is -0.952. The smallest absolute Gasteiger partial charge is 0.335 e. The summed E-state index contributed by atoms with van der Waals surface area (Å²) in [6.45, 7) is 1.37. The molecule has 2 aromatic heterocycles. The van der Waals surface area contributed by atoms with Crippen LogP contribution in [0.15, 0.2) is 67.0 Å². The summed E-state index contributed by atoms with van der Waals surface area (Å²) in [6, 6.07) is 16.6. The number of carbonyl (C=O) groups is 1. The van der Waals surface area contributed by atoms with Gasteiger partial charge in [0.2, 0.25) is 0 Å². The minimum absolute atomic E-state index is 0.109. The maximum atomic E-state index is 11.5. The zero-order chi connectivity index (χ0) is 21.8. The fourth-order valence-corrected chi connectivity index (χ4v) is 4.34. The van der Waals surface area contributed by atoms with E-state index in [4.69, 9.17) is 17.0 Å². The topological polar surface area (TPSA) is 79.6 Å². The van der Waals surface area contributed by atoms with Crippen molar-refractivity contribution < 1.29 is 14.6 Å². The van der Waals surface area contributed by atoms with E-state index in [0.717, 1.165) is 30.0 Å². The molecule has 0 spiro atoms. The lowest BCUT2D eigenvalue weighted by Gasteiger charge is -2.29. The van der Waals surface area contributed by atoms with Crippen molar-refractivity contribution in [2.45, 2.75) is 18.5 Å². The molecule has 0 amide bonds. The molecule has 1 aliphatic heterocycles. The lowest BCUT2D eigenvalue weighted by atomic mass is 10.0. The number of carboxylic acids is 1. The average Bonchev–Trinajstić information content (AvgIpc) is 3.39. The first-order chi connectivity index (χ1) is 15.1. The van der Waals surface area contributed by atoms with Gasteiger partial charge in [-0.15, -0.1) is 0 Å². The van der Waals surface area contributed by atoms with Crippen LogP contribution in [0, 0.1) is 0 Å². The summed E-state index contributed by atoms with van der Waals surface area (Å²) in [7, 11) is 1.69. The molecular formula is C23H24N4O3S. The maximum absolute atomic E-state index is 11.5. The highest BCUT2D eigenvalue weighted by atomic mass is 32.1. The Morgan fingerprint density at radius 1 is 1.23 bits per heavy atom. The Labute approximate surface area is 186 Å². The third-order valence-electron chi connectivity index (χ3n) is 5.40. The number of nitrogens with one attached hydrogen (secondary N) is 1. The van der Waals surface area contributed by atoms with Gasteiger partial charge in [-0.2, -0.15) is 0 Å². The van der Waals surface area contributed by atoms with Gasteiger partial charge >= 0.3 is 5.97 Å². The van der Waals surface area contributed by atoms with Gasteiger partial charge in [-0.1, -0.05) is 12.1 Å². The molecule has 1 aliphatic rings. The van der Waals surface area contributed by atoms with Gasteiger partial charge in [-0.25, -0.2) is 4.79 Å². The van der Waals surface area contributed by atoms with E-state index in [9.17, 15) is 9.90 Å². The highest BCUT2D eigenvalue weighted by Gasteiger charge is 2.40. The van der Waals surface area contributed by atoms with Crippen molar-refractivity contribution in [1.82, 2.24) is 19.8 Å². The van der Waals surface area contributed by atoms with Crippen LogP contribution in [0.4, 0.5) is 0 Å². The lowest BCUT2D eigenvalue weighted by Crippen LogP contribution is -2.32. The largest absolute Gasteiger partial charge is 0.478 e. The second-order valence-electron chi connectivity index (χ2n) is 7.32. The second-order valence-corrected chi connectivity index (χ2v) is 7.71. The predicted molar refractivity (Wildman–Crippen MR) is 121 cm³/mol. The number of pyridine rings is 1. The molecule has 2 atom stereocenters. The number of rotatable bonds is 8. The summed E-state index contributed by atoms with van der Waals surface area (Å²) in [4.78, 5) is 18.2. The quantitative estimate of drug-likeness (QED) is 0.413. The van der Waals surface area contributed by atoms with Crippen LogP contribution in [0.5, 0.6) is 0 Å². The van der Waals surface area contributed by atoms with Gasteiger partial charge in [0.15, 0.2) is 5.11 Å². The van der Waals surface area contributed by atoms with E-state index in [1.54, 1.807) is 31.5 Å². The molecule has 0 saturated carbocycles. The first-order valence-corrected chi connectivity index (χ1v) is 10.5. The summed E-state index contributed by atoms with van der Waals surface area (Å²) in [5.41, 5.74) is 2.93. The van der Waals surface area contributed by atoms with E-state index in [1.807, 2.05) is 47.2 Å². The Balaban J connectivity index is 1.77. The summed E-state index contributed by atoms with van der Waals surface area (Å²) >= 11 is 5.69. The summed E-state index contributed by atoms with van der Waals surface area (Å²) < 4.78 is 7.26. The van der Waals surface area contributed by atoms with Crippen molar-refractivity contribution in [3.63, 3.8) is 0 Å². The number of thiocarbonyl (C=S) groups is 1. The Bertz CT molecular complexity index is 1070. The van der Waals surface area contributed by atoms with Crippen LogP contribution in [0.2, 0.25) is 0 Å². The molecule has 1 aromatic carbocycles.